The summed E-state index contributed by atoms with van der Waals surface area (Å²) in [5, 5.41) is 2.63. The number of nitrogens with zero attached hydrogens (tertiary/aromatic N) is 3. The normalized spacial score (nSPS) is 19.5. The molecule has 9 heteroatoms. The summed E-state index contributed by atoms with van der Waals surface area (Å²) in [6, 6.07) is 5.01. The van der Waals surface area contributed by atoms with E-state index in [2.05, 4.69) is 15.3 Å². The van der Waals surface area contributed by atoms with Gasteiger partial charge in [0.25, 0.3) is 12.3 Å². The highest BCUT2D eigenvalue weighted by atomic mass is 19.3. The number of hydrogen-bond acceptors (Lipinski definition) is 5. The Morgan fingerprint density at radius 2 is 2.22 bits per heavy atom. The zero-order chi connectivity index (χ0) is 19.4. The van der Waals surface area contributed by atoms with E-state index < -0.39 is 29.3 Å². The predicted molar refractivity (Wildman–Crippen MR) is 92.3 cm³/mol. The van der Waals surface area contributed by atoms with Crippen molar-refractivity contribution in [3.63, 3.8) is 0 Å². The van der Waals surface area contributed by atoms with Gasteiger partial charge in [-0.3, -0.25) is 4.79 Å². The quantitative estimate of drug-likeness (QED) is 0.834. The number of nitrogens with one attached hydrogen (secondary N) is 1. The largest absolute Gasteiger partial charge is 0.380 e. The second kappa shape index (κ2) is 8.34. The molecule has 0 spiro atoms. The Morgan fingerprint density at radius 3 is 2.89 bits per heavy atom. The maximum Gasteiger partial charge on any atom is 0.266 e. The summed E-state index contributed by atoms with van der Waals surface area (Å²) >= 11 is 0. The number of anilines is 1. The molecule has 1 saturated heterocycles. The Labute approximate surface area is 154 Å². The first-order valence-electron chi connectivity index (χ1n) is 8.41. The number of benzene rings is 1. The molecule has 1 N–H and O–H groups in total. The molecule has 0 radical (unpaired) electrons. The van der Waals surface area contributed by atoms with E-state index in [1.54, 1.807) is 19.4 Å². The maximum absolute atomic E-state index is 14.1. The van der Waals surface area contributed by atoms with E-state index >= 15 is 0 Å². The Kier molecular flexibility index (Phi) is 5.90. The third-order valence-corrected chi connectivity index (χ3v) is 4.58. The fourth-order valence-electron chi connectivity index (χ4n) is 3.17. The molecule has 2 atom stereocenters. The number of hydrogen-bond donors (Lipinski definition) is 1. The summed E-state index contributed by atoms with van der Waals surface area (Å²) in [5.41, 5.74) is -1.19. The first-order chi connectivity index (χ1) is 13.0. The number of ether oxygens (including phenoxy) is 1. The zero-order valence-electron chi connectivity index (χ0n) is 14.6. The third kappa shape index (κ3) is 4.19. The van der Waals surface area contributed by atoms with Gasteiger partial charge >= 0.3 is 0 Å². The number of rotatable bonds is 6. The summed E-state index contributed by atoms with van der Waals surface area (Å²) in [6.45, 7) is 0.782. The molecule has 0 unspecified atom stereocenters. The summed E-state index contributed by atoms with van der Waals surface area (Å²) in [5.74, 6) is -1.24. The van der Waals surface area contributed by atoms with Crippen molar-refractivity contribution < 1.29 is 22.7 Å². The van der Waals surface area contributed by atoms with E-state index in [4.69, 9.17) is 4.74 Å². The lowest BCUT2D eigenvalue weighted by Crippen LogP contribution is -2.40. The minimum atomic E-state index is -2.98. The molecule has 1 aliphatic rings. The van der Waals surface area contributed by atoms with Crippen LogP contribution in [0.4, 0.5) is 19.0 Å². The van der Waals surface area contributed by atoms with Gasteiger partial charge < -0.3 is 15.0 Å². The van der Waals surface area contributed by atoms with Crippen LogP contribution in [-0.4, -0.2) is 48.2 Å². The molecular weight excluding hydrogens is 361 g/mol. The van der Waals surface area contributed by atoms with Gasteiger partial charge in [-0.25, -0.2) is 23.1 Å². The summed E-state index contributed by atoms with van der Waals surface area (Å²) in [7, 11) is 1.61. The Balaban J connectivity index is 1.71. The Bertz CT molecular complexity index is 791. The molecule has 1 aromatic carbocycles. The molecule has 2 heterocycles. The summed E-state index contributed by atoms with van der Waals surface area (Å²) in [4.78, 5) is 22.4. The van der Waals surface area contributed by atoms with Gasteiger partial charge in [-0.1, -0.05) is 12.1 Å². The molecule has 6 nitrogen and oxygen atoms in total. The fourth-order valence-corrected chi connectivity index (χ4v) is 3.17. The lowest BCUT2D eigenvalue weighted by atomic mass is 10.1. The number of aromatic nitrogens is 2. The van der Waals surface area contributed by atoms with E-state index in [0.29, 0.717) is 18.8 Å². The van der Waals surface area contributed by atoms with Crippen LogP contribution in [0.25, 0.3) is 0 Å². The van der Waals surface area contributed by atoms with Crippen LogP contribution in [0.15, 0.2) is 36.8 Å². The van der Waals surface area contributed by atoms with Gasteiger partial charge in [0.2, 0.25) is 0 Å². The number of amides is 1. The van der Waals surface area contributed by atoms with Gasteiger partial charge in [0.15, 0.2) is 0 Å². The first kappa shape index (κ1) is 19.1. The van der Waals surface area contributed by atoms with Crippen LogP contribution < -0.4 is 10.2 Å². The molecule has 1 aromatic heterocycles. The average molecular weight is 380 g/mol. The van der Waals surface area contributed by atoms with Crippen molar-refractivity contribution in [2.45, 2.75) is 25.0 Å². The van der Waals surface area contributed by atoms with Crippen molar-refractivity contribution in [1.29, 1.82) is 0 Å². The van der Waals surface area contributed by atoms with Crippen molar-refractivity contribution >= 4 is 11.7 Å². The zero-order valence-corrected chi connectivity index (χ0v) is 14.6. The van der Waals surface area contributed by atoms with Crippen molar-refractivity contribution in [2.75, 3.05) is 25.1 Å². The van der Waals surface area contributed by atoms with Gasteiger partial charge in [-0.2, -0.15) is 0 Å². The van der Waals surface area contributed by atoms with Crippen LogP contribution in [0, 0.1) is 5.82 Å². The van der Waals surface area contributed by atoms with E-state index in [9.17, 15) is 18.0 Å². The van der Waals surface area contributed by atoms with E-state index in [1.165, 1.54) is 18.5 Å². The van der Waals surface area contributed by atoms with Crippen LogP contribution in [-0.2, 0) is 4.74 Å². The number of methoxy groups -OCH3 is 1. The lowest BCUT2D eigenvalue weighted by Gasteiger charge is -2.25. The second-order valence-corrected chi connectivity index (χ2v) is 6.19. The van der Waals surface area contributed by atoms with Crippen molar-refractivity contribution in [3.05, 3.63) is 53.7 Å². The monoisotopic (exact) mass is 380 g/mol. The average Bonchev–Trinajstić information content (AvgIpc) is 3.10. The molecule has 144 valence electrons. The molecule has 0 saturated carbocycles. The number of halogens is 3. The fraction of sp³-hybridized carbons (Fsp3) is 0.389. The molecule has 3 rings (SSSR count). The SMILES string of the molecule is CO[C@H]1C[C@@H](CNC(=O)c2cccc(C(F)F)c2F)N(c2ccncn2)C1. The van der Waals surface area contributed by atoms with Crippen LogP contribution in [0.2, 0.25) is 0 Å². The van der Waals surface area contributed by atoms with Crippen LogP contribution >= 0.6 is 0 Å². The molecular formula is C18H19F3N4O2. The Morgan fingerprint density at radius 1 is 1.41 bits per heavy atom. The van der Waals surface area contributed by atoms with Crippen LogP contribution in [0.3, 0.4) is 0 Å². The number of carbonyl (C=O) groups is 1. The Hall–Kier alpha value is -2.68. The van der Waals surface area contributed by atoms with Gasteiger partial charge in [0.05, 0.1) is 23.3 Å². The number of carbonyl (C=O) groups excluding carboxylic acids is 1. The van der Waals surface area contributed by atoms with Crippen molar-refractivity contribution in [1.82, 2.24) is 15.3 Å². The predicted octanol–water partition coefficient (Wildman–Crippen LogP) is 2.58. The topological polar surface area (TPSA) is 67.3 Å². The van der Waals surface area contributed by atoms with Crippen molar-refractivity contribution in [3.8, 4) is 0 Å². The standard InChI is InChI=1S/C18H19F3N4O2/c1-27-12-7-11(25(9-12)15-5-6-22-10-24-15)8-23-18(26)14-4-2-3-13(16(14)19)17(20)21/h2-6,10-12,17H,7-9H2,1H3,(H,23,26)/t11-,12-/m0/s1. The number of alkyl halides is 2. The summed E-state index contributed by atoms with van der Waals surface area (Å²) in [6.07, 6.45) is 0.657. The molecule has 1 aliphatic heterocycles. The minimum Gasteiger partial charge on any atom is -0.380 e. The smallest absolute Gasteiger partial charge is 0.266 e. The van der Waals surface area contributed by atoms with Crippen LogP contribution in [0.1, 0.15) is 28.8 Å². The third-order valence-electron chi connectivity index (χ3n) is 4.58. The van der Waals surface area contributed by atoms with Crippen molar-refractivity contribution in [2.24, 2.45) is 0 Å². The molecule has 0 bridgehead atoms. The molecule has 1 fully saturated rings. The van der Waals surface area contributed by atoms with E-state index in [0.717, 1.165) is 6.07 Å². The van der Waals surface area contributed by atoms with Crippen LogP contribution in [0.5, 0.6) is 0 Å². The lowest BCUT2D eigenvalue weighted by molar-refractivity contribution is 0.0940. The van der Waals surface area contributed by atoms with Gasteiger partial charge in [0, 0.05) is 26.4 Å². The molecule has 2 aromatic rings. The van der Waals surface area contributed by atoms with Gasteiger partial charge in [-0.05, 0) is 18.6 Å². The second-order valence-electron chi connectivity index (χ2n) is 6.19. The minimum absolute atomic E-state index is 0.0410. The highest BCUT2D eigenvalue weighted by Crippen LogP contribution is 2.26. The molecule has 0 aliphatic carbocycles. The molecule has 1 amide bonds. The molecule has 27 heavy (non-hydrogen) atoms. The summed E-state index contributed by atoms with van der Waals surface area (Å²) < 4.78 is 45.2. The highest BCUT2D eigenvalue weighted by Gasteiger charge is 2.33. The van der Waals surface area contributed by atoms with E-state index in [1.807, 2.05) is 4.90 Å². The maximum atomic E-state index is 14.1. The first-order valence-corrected chi connectivity index (χ1v) is 8.41. The van der Waals surface area contributed by atoms with Gasteiger partial charge in [0.1, 0.15) is 18.0 Å². The van der Waals surface area contributed by atoms with E-state index in [-0.39, 0.29) is 18.7 Å². The highest BCUT2D eigenvalue weighted by molar-refractivity contribution is 5.94. The van der Waals surface area contributed by atoms with Gasteiger partial charge in [-0.15, -0.1) is 0 Å².